The largest absolute Gasteiger partial charge is 0.309 e. The summed E-state index contributed by atoms with van der Waals surface area (Å²) < 4.78 is 27.3. The summed E-state index contributed by atoms with van der Waals surface area (Å²) in [4.78, 5) is 2.46. The van der Waals surface area contributed by atoms with Crippen molar-refractivity contribution in [3.05, 3.63) is 15.8 Å². The zero-order valence-corrected chi connectivity index (χ0v) is 13.4. The van der Waals surface area contributed by atoms with Crippen LogP contribution in [0, 0.1) is 12.8 Å². The Hall–Kier alpha value is -0.430. The molecule has 2 saturated carbocycles. The molecule has 0 aromatic carbocycles. The quantitative estimate of drug-likeness (QED) is 0.774. The summed E-state index contributed by atoms with van der Waals surface area (Å²) in [6.45, 7) is 3.24. The van der Waals surface area contributed by atoms with Gasteiger partial charge in [-0.05, 0) is 38.2 Å². The van der Waals surface area contributed by atoms with Crippen molar-refractivity contribution in [1.29, 1.82) is 0 Å². The third-order valence-corrected chi connectivity index (χ3v) is 6.66. The molecule has 0 radical (unpaired) electrons. The summed E-state index contributed by atoms with van der Waals surface area (Å²) in [5, 5.41) is 3.43. The molecule has 6 heteroatoms. The van der Waals surface area contributed by atoms with Gasteiger partial charge < -0.3 is 5.32 Å². The monoisotopic (exact) mass is 314 g/mol. The van der Waals surface area contributed by atoms with Crippen LogP contribution in [0.3, 0.4) is 0 Å². The Bertz CT molecular complexity index is 572. The van der Waals surface area contributed by atoms with Crippen molar-refractivity contribution in [1.82, 2.24) is 10.0 Å². The molecule has 1 aromatic heterocycles. The number of hydrogen-bond acceptors (Lipinski definition) is 4. The van der Waals surface area contributed by atoms with Crippen molar-refractivity contribution in [2.24, 2.45) is 5.92 Å². The van der Waals surface area contributed by atoms with Crippen LogP contribution in [0.25, 0.3) is 0 Å². The topological polar surface area (TPSA) is 58.2 Å². The van der Waals surface area contributed by atoms with Crippen LogP contribution in [-0.4, -0.2) is 21.0 Å². The molecule has 0 atom stereocenters. The minimum atomic E-state index is -3.33. The molecule has 4 nitrogen and oxygen atoms in total. The maximum atomic E-state index is 12.3. The van der Waals surface area contributed by atoms with Gasteiger partial charge in [0, 0.05) is 28.9 Å². The van der Waals surface area contributed by atoms with Crippen LogP contribution in [0.4, 0.5) is 0 Å². The molecule has 2 N–H and O–H groups in total. The average Bonchev–Trinajstić information content (AvgIpc) is 3.27. The lowest BCUT2D eigenvalue weighted by atomic mass is 10.3. The Balaban J connectivity index is 1.60. The van der Waals surface area contributed by atoms with E-state index >= 15 is 0 Å². The van der Waals surface area contributed by atoms with Crippen molar-refractivity contribution in [3.63, 3.8) is 0 Å². The van der Waals surface area contributed by atoms with Gasteiger partial charge in [-0.15, -0.1) is 11.3 Å². The zero-order valence-electron chi connectivity index (χ0n) is 11.8. The summed E-state index contributed by atoms with van der Waals surface area (Å²) in [5.41, 5.74) is 0. The molecule has 1 aromatic rings. The Labute approximate surface area is 125 Å². The van der Waals surface area contributed by atoms with Gasteiger partial charge in [0.1, 0.15) is 0 Å². The third kappa shape index (κ3) is 3.81. The molecule has 0 unspecified atom stereocenters. The Kier molecular flexibility index (Phi) is 4.17. The fourth-order valence-electron chi connectivity index (χ4n) is 2.29. The molecule has 20 heavy (non-hydrogen) atoms. The van der Waals surface area contributed by atoms with E-state index in [4.69, 9.17) is 0 Å². The van der Waals surface area contributed by atoms with Crippen LogP contribution in [0.5, 0.6) is 0 Å². The zero-order chi connectivity index (χ0) is 14.2. The first kappa shape index (κ1) is 14.5. The van der Waals surface area contributed by atoms with E-state index in [0.29, 0.717) is 17.5 Å². The van der Waals surface area contributed by atoms with Gasteiger partial charge in [-0.25, -0.2) is 13.1 Å². The second-order valence-corrected chi connectivity index (χ2v) is 8.99. The normalized spacial score (nSPS) is 19.4. The summed E-state index contributed by atoms with van der Waals surface area (Å²) >= 11 is 1.58. The Morgan fingerprint density at radius 3 is 2.70 bits per heavy atom. The molecule has 0 spiro atoms. The van der Waals surface area contributed by atoms with E-state index in [1.807, 2.05) is 13.0 Å². The van der Waals surface area contributed by atoms with E-state index in [1.54, 1.807) is 11.3 Å². The standard InChI is InChI=1S/C14H22N2O2S2/c1-10-14(8-13(19-10)9-15-12-4-5-12)20(17,18)16-7-6-11-2-3-11/h8,11-12,15-16H,2-7,9H2,1H3. The van der Waals surface area contributed by atoms with Gasteiger partial charge in [-0.3, -0.25) is 0 Å². The molecule has 0 bridgehead atoms. The summed E-state index contributed by atoms with van der Waals surface area (Å²) in [5.74, 6) is 0.750. The van der Waals surface area contributed by atoms with Crippen LogP contribution in [0.1, 0.15) is 41.9 Å². The highest BCUT2D eigenvalue weighted by atomic mass is 32.2. The lowest BCUT2D eigenvalue weighted by Gasteiger charge is -2.05. The second-order valence-electron chi connectivity index (χ2n) is 5.92. The van der Waals surface area contributed by atoms with E-state index in [-0.39, 0.29) is 0 Å². The van der Waals surface area contributed by atoms with Crippen molar-refractivity contribution < 1.29 is 8.42 Å². The van der Waals surface area contributed by atoms with Gasteiger partial charge >= 0.3 is 0 Å². The molecule has 2 aliphatic carbocycles. The smallest absolute Gasteiger partial charge is 0.241 e. The number of hydrogen-bond donors (Lipinski definition) is 2. The molecule has 0 amide bonds. The van der Waals surface area contributed by atoms with Crippen molar-refractivity contribution in [2.75, 3.05) is 6.54 Å². The predicted octanol–water partition coefficient (Wildman–Crippen LogP) is 2.39. The van der Waals surface area contributed by atoms with Gasteiger partial charge in [0.2, 0.25) is 10.0 Å². The summed E-state index contributed by atoms with van der Waals surface area (Å²) in [6.07, 6.45) is 5.99. The number of rotatable bonds is 8. The maximum absolute atomic E-state index is 12.3. The van der Waals surface area contributed by atoms with Gasteiger partial charge in [-0.2, -0.15) is 0 Å². The SMILES string of the molecule is Cc1sc(CNC2CC2)cc1S(=O)(=O)NCCC1CC1. The lowest BCUT2D eigenvalue weighted by Crippen LogP contribution is -2.25. The van der Waals surface area contributed by atoms with E-state index in [9.17, 15) is 8.42 Å². The van der Waals surface area contributed by atoms with Crippen LogP contribution < -0.4 is 10.0 Å². The average molecular weight is 314 g/mol. The fraction of sp³-hybridized carbons (Fsp3) is 0.714. The van der Waals surface area contributed by atoms with E-state index in [1.165, 1.54) is 25.7 Å². The first-order valence-electron chi connectivity index (χ1n) is 7.37. The van der Waals surface area contributed by atoms with Crippen molar-refractivity contribution in [3.8, 4) is 0 Å². The summed E-state index contributed by atoms with van der Waals surface area (Å²) in [6, 6.07) is 2.48. The number of aryl methyl sites for hydroxylation is 1. The highest BCUT2D eigenvalue weighted by molar-refractivity contribution is 7.89. The Morgan fingerprint density at radius 1 is 1.30 bits per heavy atom. The van der Waals surface area contributed by atoms with Crippen LogP contribution in [0.2, 0.25) is 0 Å². The minimum Gasteiger partial charge on any atom is -0.309 e. The first-order chi connectivity index (χ1) is 9.54. The summed E-state index contributed by atoms with van der Waals surface area (Å²) in [7, 11) is -3.33. The van der Waals surface area contributed by atoms with E-state index < -0.39 is 10.0 Å². The van der Waals surface area contributed by atoms with Crippen LogP contribution in [0.15, 0.2) is 11.0 Å². The first-order valence-corrected chi connectivity index (χ1v) is 9.67. The molecular formula is C14H22N2O2S2. The molecule has 2 fully saturated rings. The maximum Gasteiger partial charge on any atom is 0.241 e. The third-order valence-electron chi connectivity index (χ3n) is 3.90. The predicted molar refractivity (Wildman–Crippen MR) is 81.4 cm³/mol. The molecule has 0 aliphatic heterocycles. The van der Waals surface area contributed by atoms with Gasteiger partial charge in [-0.1, -0.05) is 12.8 Å². The number of sulfonamides is 1. The molecule has 112 valence electrons. The molecule has 2 aliphatic rings. The van der Waals surface area contributed by atoms with Crippen molar-refractivity contribution in [2.45, 2.75) is 56.5 Å². The lowest BCUT2D eigenvalue weighted by molar-refractivity contribution is 0.575. The number of thiophene rings is 1. The number of nitrogens with one attached hydrogen (secondary N) is 2. The molecule has 0 saturated heterocycles. The van der Waals surface area contributed by atoms with Crippen LogP contribution in [-0.2, 0) is 16.6 Å². The van der Waals surface area contributed by atoms with Gasteiger partial charge in [0.05, 0.1) is 4.90 Å². The van der Waals surface area contributed by atoms with Crippen molar-refractivity contribution >= 4 is 21.4 Å². The highest BCUT2D eigenvalue weighted by Crippen LogP contribution is 2.32. The van der Waals surface area contributed by atoms with Gasteiger partial charge in [0.15, 0.2) is 0 Å². The Morgan fingerprint density at radius 2 is 2.05 bits per heavy atom. The van der Waals surface area contributed by atoms with Crippen LogP contribution >= 0.6 is 11.3 Å². The second kappa shape index (κ2) is 5.75. The fourth-order valence-corrected chi connectivity index (χ4v) is 4.92. The minimum absolute atomic E-state index is 0.464. The van der Waals surface area contributed by atoms with Gasteiger partial charge in [0.25, 0.3) is 0 Å². The molecule has 1 heterocycles. The highest BCUT2D eigenvalue weighted by Gasteiger charge is 2.24. The molecular weight excluding hydrogens is 292 g/mol. The molecule has 3 rings (SSSR count). The van der Waals surface area contributed by atoms with E-state index in [2.05, 4.69) is 10.0 Å². The van der Waals surface area contributed by atoms with E-state index in [0.717, 1.165) is 28.6 Å².